The summed E-state index contributed by atoms with van der Waals surface area (Å²) in [7, 11) is 0. The highest BCUT2D eigenvalue weighted by molar-refractivity contribution is 5.94. The number of nitrogens with two attached hydrogens (primary N) is 1. The maximum Gasteiger partial charge on any atom is 0.325 e. The molecule has 12 heteroatoms. The van der Waals surface area contributed by atoms with E-state index in [1.54, 1.807) is 0 Å². The van der Waals surface area contributed by atoms with Gasteiger partial charge in [-0.1, -0.05) is 0 Å². The van der Waals surface area contributed by atoms with E-state index >= 15 is 0 Å². The van der Waals surface area contributed by atoms with Gasteiger partial charge in [-0.15, -0.1) is 0 Å². The quantitative estimate of drug-likeness (QED) is 0.220. The molecule has 0 aliphatic rings. The van der Waals surface area contributed by atoms with E-state index in [2.05, 4.69) is 25.9 Å². The molecule has 3 amide bonds. The standard InChI is InChI=1S/C16H26N6O6/c1-7(13(24)21-8(2)16(27)28)20-15(26)12(9(3)23)22-14(25)11(17)4-10-5-18-6-19-10/h5-9,11-12,23H,4,17H2,1-3H3,(H,18,19)(H,20,26)(H,21,24)(H,22,25)(H,27,28). The minimum atomic E-state index is -1.35. The van der Waals surface area contributed by atoms with Crippen molar-refractivity contribution in [2.24, 2.45) is 5.73 Å². The molecule has 0 saturated heterocycles. The Morgan fingerprint density at radius 2 is 1.68 bits per heavy atom. The zero-order valence-corrected chi connectivity index (χ0v) is 15.8. The second kappa shape index (κ2) is 10.4. The first-order valence-electron chi connectivity index (χ1n) is 8.57. The number of amides is 3. The summed E-state index contributed by atoms with van der Waals surface area (Å²) < 4.78 is 0. The Hall–Kier alpha value is -2.99. The Labute approximate surface area is 161 Å². The molecular formula is C16H26N6O6. The Bertz CT molecular complexity index is 692. The van der Waals surface area contributed by atoms with E-state index in [-0.39, 0.29) is 6.42 Å². The second-order valence-electron chi connectivity index (χ2n) is 6.41. The zero-order chi connectivity index (χ0) is 21.4. The van der Waals surface area contributed by atoms with Crippen LogP contribution in [0.25, 0.3) is 0 Å². The third-order valence-corrected chi connectivity index (χ3v) is 3.88. The van der Waals surface area contributed by atoms with Crippen molar-refractivity contribution in [2.75, 3.05) is 0 Å². The van der Waals surface area contributed by atoms with Crippen LogP contribution < -0.4 is 21.7 Å². The fourth-order valence-corrected chi connectivity index (χ4v) is 2.16. The molecule has 0 radical (unpaired) electrons. The molecule has 8 N–H and O–H groups in total. The lowest BCUT2D eigenvalue weighted by atomic mass is 10.1. The highest BCUT2D eigenvalue weighted by atomic mass is 16.4. The van der Waals surface area contributed by atoms with Gasteiger partial charge in [-0.05, 0) is 20.8 Å². The van der Waals surface area contributed by atoms with Crippen LogP contribution in [0.1, 0.15) is 26.5 Å². The van der Waals surface area contributed by atoms with Gasteiger partial charge in [-0.25, -0.2) is 4.98 Å². The number of imidazole rings is 1. The van der Waals surface area contributed by atoms with Crippen LogP contribution in [0.2, 0.25) is 0 Å². The number of hydrogen-bond acceptors (Lipinski definition) is 7. The lowest BCUT2D eigenvalue weighted by Gasteiger charge is -2.24. The van der Waals surface area contributed by atoms with E-state index in [4.69, 9.17) is 10.8 Å². The van der Waals surface area contributed by atoms with Crippen molar-refractivity contribution in [3.05, 3.63) is 18.2 Å². The number of carboxylic acid groups (broad SMARTS) is 1. The topological polar surface area (TPSA) is 200 Å². The molecule has 5 unspecified atom stereocenters. The molecule has 5 atom stereocenters. The molecule has 1 aromatic heterocycles. The summed E-state index contributed by atoms with van der Waals surface area (Å²) in [5, 5.41) is 25.5. The van der Waals surface area contributed by atoms with Crippen molar-refractivity contribution in [3.8, 4) is 0 Å². The van der Waals surface area contributed by atoms with Gasteiger partial charge in [0.15, 0.2) is 0 Å². The lowest BCUT2D eigenvalue weighted by molar-refractivity contribution is -0.141. The van der Waals surface area contributed by atoms with Crippen molar-refractivity contribution < 1.29 is 29.4 Å². The summed E-state index contributed by atoms with van der Waals surface area (Å²) >= 11 is 0. The van der Waals surface area contributed by atoms with Crippen LogP contribution in [0.15, 0.2) is 12.5 Å². The highest BCUT2D eigenvalue weighted by Gasteiger charge is 2.30. The number of hydrogen-bond donors (Lipinski definition) is 7. The molecular weight excluding hydrogens is 372 g/mol. The average Bonchev–Trinajstić information content (AvgIpc) is 3.11. The summed E-state index contributed by atoms with van der Waals surface area (Å²) in [6.07, 6.45) is 1.82. The number of nitrogens with zero attached hydrogens (tertiary/aromatic N) is 1. The largest absolute Gasteiger partial charge is 0.480 e. The summed E-state index contributed by atoms with van der Waals surface area (Å²) in [6.45, 7) is 3.91. The zero-order valence-electron chi connectivity index (χ0n) is 15.8. The molecule has 0 aliphatic heterocycles. The maximum absolute atomic E-state index is 12.4. The van der Waals surface area contributed by atoms with E-state index < -0.39 is 54.0 Å². The number of nitrogens with one attached hydrogen (secondary N) is 4. The molecule has 0 spiro atoms. The van der Waals surface area contributed by atoms with Gasteiger partial charge in [0.2, 0.25) is 17.7 Å². The van der Waals surface area contributed by atoms with Crippen molar-refractivity contribution in [1.82, 2.24) is 25.9 Å². The van der Waals surface area contributed by atoms with Crippen LogP contribution in [0, 0.1) is 0 Å². The van der Waals surface area contributed by atoms with Crippen molar-refractivity contribution >= 4 is 23.7 Å². The molecule has 1 rings (SSSR count). The second-order valence-corrected chi connectivity index (χ2v) is 6.41. The number of carbonyl (C=O) groups excluding carboxylic acids is 3. The molecule has 12 nitrogen and oxygen atoms in total. The van der Waals surface area contributed by atoms with Gasteiger partial charge >= 0.3 is 5.97 Å². The number of aliphatic hydroxyl groups is 1. The number of carbonyl (C=O) groups is 4. The van der Waals surface area contributed by atoms with E-state index in [1.807, 2.05) is 0 Å². The maximum atomic E-state index is 12.4. The van der Waals surface area contributed by atoms with Crippen LogP contribution >= 0.6 is 0 Å². The third-order valence-electron chi connectivity index (χ3n) is 3.88. The van der Waals surface area contributed by atoms with Gasteiger partial charge in [0.05, 0.1) is 18.5 Å². The van der Waals surface area contributed by atoms with Crippen molar-refractivity contribution in [2.45, 2.75) is 57.5 Å². The number of aromatic amines is 1. The lowest BCUT2D eigenvalue weighted by Crippen LogP contribution is -2.59. The van der Waals surface area contributed by atoms with Crippen LogP contribution in [-0.2, 0) is 25.6 Å². The van der Waals surface area contributed by atoms with E-state index in [0.29, 0.717) is 5.69 Å². The van der Waals surface area contributed by atoms with Crippen LogP contribution in [0.3, 0.4) is 0 Å². The molecule has 0 fully saturated rings. The number of aliphatic carboxylic acids is 1. The van der Waals surface area contributed by atoms with Crippen LogP contribution in [0.4, 0.5) is 0 Å². The summed E-state index contributed by atoms with van der Waals surface area (Å²) in [6, 6.07) is -4.58. The smallest absolute Gasteiger partial charge is 0.325 e. The Morgan fingerprint density at radius 1 is 1.07 bits per heavy atom. The van der Waals surface area contributed by atoms with Crippen LogP contribution in [-0.4, -0.2) is 74.1 Å². The van der Waals surface area contributed by atoms with E-state index in [9.17, 15) is 24.3 Å². The van der Waals surface area contributed by atoms with Gasteiger partial charge < -0.3 is 36.9 Å². The molecule has 0 bridgehead atoms. The van der Waals surface area contributed by atoms with Gasteiger partial charge in [0, 0.05) is 18.3 Å². The predicted octanol–water partition coefficient (Wildman–Crippen LogP) is -2.76. The van der Waals surface area contributed by atoms with Gasteiger partial charge in [-0.3, -0.25) is 19.2 Å². The molecule has 1 heterocycles. The summed E-state index contributed by atoms with van der Waals surface area (Å²) in [5.41, 5.74) is 6.42. The highest BCUT2D eigenvalue weighted by Crippen LogP contribution is 2.00. The number of aliphatic hydroxyl groups excluding tert-OH is 1. The van der Waals surface area contributed by atoms with E-state index in [0.717, 1.165) is 0 Å². The van der Waals surface area contributed by atoms with Gasteiger partial charge in [-0.2, -0.15) is 0 Å². The van der Waals surface area contributed by atoms with Gasteiger partial charge in [0.25, 0.3) is 0 Å². The molecule has 0 aliphatic carbocycles. The minimum Gasteiger partial charge on any atom is -0.480 e. The van der Waals surface area contributed by atoms with Crippen LogP contribution in [0.5, 0.6) is 0 Å². The van der Waals surface area contributed by atoms with Gasteiger partial charge in [0.1, 0.15) is 18.1 Å². The summed E-state index contributed by atoms with van der Waals surface area (Å²) in [5.74, 6) is -3.45. The fraction of sp³-hybridized carbons (Fsp3) is 0.562. The molecule has 28 heavy (non-hydrogen) atoms. The molecule has 1 aromatic rings. The molecule has 0 aromatic carbocycles. The fourth-order valence-electron chi connectivity index (χ4n) is 2.16. The average molecular weight is 398 g/mol. The number of carboxylic acids is 1. The first-order chi connectivity index (χ1) is 13.0. The van der Waals surface area contributed by atoms with Crippen molar-refractivity contribution in [3.63, 3.8) is 0 Å². The number of H-pyrrole nitrogens is 1. The third kappa shape index (κ3) is 6.96. The first kappa shape index (κ1) is 23.0. The Morgan fingerprint density at radius 3 is 2.18 bits per heavy atom. The van der Waals surface area contributed by atoms with E-state index in [1.165, 1.54) is 33.3 Å². The summed E-state index contributed by atoms with van der Waals surface area (Å²) in [4.78, 5) is 53.9. The molecule has 156 valence electrons. The number of aromatic nitrogens is 2. The number of rotatable bonds is 10. The minimum absolute atomic E-state index is 0.145. The Kier molecular flexibility index (Phi) is 8.54. The monoisotopic (exact) mass is 398 g/mol. The predicted molar refractivity (Wildman–Crippen MR) is 96.7 cm³/mol. The van der Waals surface area contributed by atoms with Crippen molar-refractivity contribution in [1.29, 1.82) is 0 Å². The Balaban J connectivity index is 2.66. The first-order valence-corrected chi connectivity index (χ1v) is 8.57. The SMILES string of the molecule is CC(NC(=O)C(C)NC(=O)C(NC(=O)C(N)Cc1cnc[nH]1)C(C)O)C(=O)O. The molecule has 0 saturated carbocycles. The normalized spacial score (nSPS) is 16.2.